The summed E-state index contributed by atoms with van der Waals surface area (Å²) in [6.45, 7) is 2.17. The van der Waals surface area contributed by atoms with Crippen molar-refractivity contribution < 1.29 is 28.2 Å². The van der Waals surface area contributed by atoms with Crippen LogP contribution in [0.1, 0.15) is 48.5 Å². The lowest BCUT2D eigenvalue weighted by Crippen LogP contribution is -2.07. The fraction of sp³-hybridized carbons (Fsp3) is 0.381. The Kier molecular flexibility index (Phi) is 4.50. The van der Waals surface area contributed by atoms with Gasteiger partial charge in [0, 0.05) is 17.2 Å². The van der Waals surface area contributed by atoms with Crippen molar-refractivity contribution in [1.82, 2.24) is 0 Å². The minimum absolute atomic E-state index is 0.0783. The number of hydrogen-bond acceptors (Lipinski definition) is 4. The van der Waals surface area contributed by atoms with Gasteiger partial charge in [-0.3, -0.25) is 4.79 Å². The second kappa shape index (κ2) is 6.83. The predicted molar refractivity (Wildman–Crippen MR) is 93.6 cm³/mol. The Bertz CT molecular complexity index is 879. The summed E-state index contributed by atoms with van der Waals surface area (Å²) in [6.07, 6.45) is 1.05. The molecule has 0 amide bonds. The minimum Gasteiger partial charge on any atom is -0.505 e. The number of carbonyl (C=O) groups is 1. The monoisotopic (exact) mass is 374 g/mol. The molecule has 4 nitrogen and oxygen atoms in total. The second-order valence-electron chi connectivity index (χ2n) is 7.00. The van der Waals surface area contributed by atoms with Crippen molar-refractivity contribution in [3.05, 3.63) is 58.7 Å². The summed E-state index contributed by atoms with van der Waals surface area (Å²) in [5.74, 6) is -1.65. The van der Waals surface area contributed by atoms with Crippen LogP contribution in [0.5, 0.6) is 11.5 Å². The van der Waals surface area contributed by atoms with Gasteiger partial charge in [0.25, 0.3) is 0 Å². The molecule has 27 heavy (non-hydrogen) atoms. The number of halogens is 2. The summed E-state index contributed by atoms with van der Waals surface area (Å²) in [6, 6.07) is 8.06. The highest BCUT2D eigenvalue weighted by molar-refractivity contribution is 5.77. The molecule has 1 fully saturated rings. The van der Waals surface area contributed by atoms with E-state index in [4.69, 9.17) is 9.47 Å². The normalized spacial score (nSPS) is 23.0. The SMILES string of the molecule is CCOC(=O)C1CC1c1ccc(OC2CCc3c(O)c(F)cc(F)c32)cc1. The fourth-order valence-corrected chi connectivity index (χ4v) is 3.84. The zero-order valence-corrected chi connectivity index (χ0v) is 14.9. The number of aromatic hydroxyl groups is 1. The van der Waals surface area contributed by atoms with Gasteiger partial charge < -0.3 is 14.6 Å². The van der Waals surface area contributed by atoms with E-state index in [1.165, 1.54) is 0 Å². The average Bonchev–Trinajstić information content (AvgIpc) is 3.34. The van der Waals surface area contributed by atoms with Gasteiger partial charge in [-0.15, -0.1) is 0 Å². The van der Waals surface area contributed by atoms with Crippen molar-refractivity contribution in [3.8, 4) is 11.5 Å². The van der Waals surface area contributed by atoms with Crippen molar-refractivity contribution in [2.45, 2.75) is 38.2 Å². The summed E-state index contributed by atoms with van der Waals surface area (Å²) >= 11 is 0. The number of benzene rings is 2. The van der Waals surface area contributed by atoms with Gasteiger partial charge in [-0.1, -0.05) is 12.1 Å². The van der Waals surface area contributed by atoms with Crippen LogP contribution in [0.15, 0.2) is 30.3 Å². The van der Waals surface area contributed by atoms with E-state index >= 15 is 0 Å². The van der Waals surface area contributed by atoms with Crippen molar-refractivity contribution in [2.24, 2.45) is 5.92 Å². The topological polar surface area (TPSA) is 55.8 Å². The maximum absolute atomic E-state index is 14.2. The first-order valence-corrected chi connectivity index (χ1v) is 9.12. The van der Waals surface area contributed by atoms with Crippen LogP contribution in [-0.4, -0.2) is 17.7 Å². The van der Waals surface area contributed by atoms with Gasteiger partial charge in [0.2, 0.25) is 0 Å². The molecule has 0 spiro atoms. The predicted octanol–water partition coefficient (Wildman–Crippen LogP) is 4.40. The first-order valence-electron chi connectivity index (χ1n) is 9.12. The highest BCUT2D eigenvalue weighted by Crippen LogP contribution is 2.48. The number of hydrogen-bond donors (Lipinski definition) is 1. The van der Waals surface area contributed by atoms with Gasteiger partial charge in [-0.05, 0) is 49.8 Å². The molecule has 0 heterocycles. The van der Waals surface area contributed by atoms with E-state index in [9.17, 15) is 18.7 Å². The van der Waals surface area contributed by atoms with E-state index in [2.05, 4.69) is 0 Å². The van der Waals surface area contributed by atoms with Gasteiger partial charge in [0.15, 0.2) is 11.6 Å². The molecular formula is C21H20F2O4. The van der Waals surface area contributed by atoms with E-state index in [0.717, 1.165) is 12.0 Å². The standard InChI is InChI=1S/C21H20F2O4/c1-2-26-21(25)15-9-14(15)11-3-5-12(6-4-11)27-18-8-7-13-19(18)16(22)10-17(23)20(13)24/h3-6,10,14-15,18,24H,2,7-9H2,1H3. The molecule has 0 bridgehead atoms. The molecule has 0 radical (unpaired) electrons. The summed E-state index contributed by atoms with van der Waals surface area (Å²) < 4.78 is 38.6. The van der Waals surface area contributed by atoms with Crippen molar-refractivity contribution in [3.63, 3.8) is 0 Å². The van der Waals surface area contributed by atoms with E-state index in [1.54, 1.807) is 19.1 Å². The number of phenols is 1. The molecule has 2 aliphatic carbocycles. The molecule has 3 unspecified atom stereocenters. The quantitative estimate of drug-likeness (QED) is 0.788. The Balaban J connectivity index is 1.46. The number of carbonyl (C=O) groups excluding carboxylic acids is 1. The van der Waals surface area contributed by atoms with E-state index in [0.29, 0.717) is 31.3 Å². The van der Waals surface area contributed by atoms with E-state index < -0.39 is 23.5 Å². The zero-order chi connectivity index (χ0) is 19.1. The minimum atomic E-state index is -0.947. The summed E-state index contributed by atoms with van der Waals surface area (Å²) in [5.41, 5.74) is 1.55. The van der Waals surface area contributed by atoms with Crippen LogP contribution in [-0.2, 0) is 16.0 Å². The Hall–Kier alpha value is -2.63. The van der Waals surface area contributed by atoms with Crippen LogP contribution in [0, 0.1) is 17.6 Å². The number of rotatable bonds is 5. The summed E-state index contributed by atoms with van der Waals surface area (Å²) in [5, 5.41) is 9.80. The van der Waals surface area contributed by atoms with E-state index in [1.807, 2.05) is 12.1 Å². The molecule has 6 heteroatoms. The maximum Gasteiger partial charge on any atom is 0.309 e. The third-order valence-corrected chi connectivity index (χ3v) is 5.29. The fourth-order valence-electron chi connectivity index (χ4n) is 3.84. The number of fused-ring (bicyclic) bond motifs is 1. The zero-order valence-electron chi connectivity index (χ0n) is 14.9. The smallest absolute Gasteiger partial charge is 0.309 e. The van der Waals surface area contributed by atoms with Crippen LogP contribution in [0.25, 0.3) is 0 Å². The van der Waals surface area contributed by atoms with Crippen LogP contribution in [0.2, 0.25) is 0 Å². The van der Waals surface area contributed by atoms with Gasteiger partial charge in [0.05, 0.1) is 12.5 Å². The van der Waals surface area contributed by atoms with Gasteiger partial charge in [-0.25, -0.2) is 8.78 Å². The lowest BCUT2D eigenvalue weighted by Gasteiger charge is -2.16. The molecule has 0 aliphatic heterocycles. The summed E-state index contributed by atoms with van der Waals surface area (Å²) in [4.78, 5) is 11.8. The molecule has 2 aromatic rings. The highest BCUT2D eigenvalue weighted by Gasteiger charge is 2.45. The van der Waals surface area contributed by atoms with Crippen LogP contribution < -0.4 is 4.74 Å². The molecule has 1 N–H and O–H groups in total. The Labute approximate surface area is 155 Å². The van der Waals surface area contributed by atoms with Gasteiger partial charge >= 0.3 is 5.97 Å². The molecule has 2 aromatic carbocycles. The summed E-state index contributed by atoms with van der Waals surface area (Å²) in [7, 11) is 0. The molecule has 0 saturated heterocycles. The van der Waals surface area contributed by atoms with Crippen molar-refractivity contribution in [2.75, 3.05) is 6.61 Å². The third-order valence-electron chi connectivity index (χ3n) is 5.29. The van der Waals surface area contributed by atoms with Crippen molar-refractivity contribution in [1.29, 1.82) is 0 Å². The highest BCUT2D eigenvalue weighted by atomic mass is 19.1. The van der Waals surface area contributed by atoms with Crippen LogP contribution in [0.3, 0.4) is 0 Å². The molecule has 142 valence electrons. The van der Waals surface area contributed by atoms with E-state index in [-0.39, 0.29) is 28.9 Å². The number of esters is 1. The largest absolute Gasteiger partial charge is 0.505 e. The lowest BCUT2D eigenvalue weighted by molar-refractivity contribution is -0.144. The van der Waals surface area contributed by atoms with Crippen molar-refractivity contribution >= 4 is 5.97 Å². The molecule has 3 atom stereocenters. The Morgan fingerprint density at radius 3 is 2.67 bits per heavy atom. The maximum atomic E-state index is 14.2. The average molecular weight is 374 g/mol. The lowest BCUT2D eigenvalue weighted by atomic mass is 10.1. The van der Waals surface area contributed by atoms with Crippen LogP contribution in [0.4, 0.5) is 8.78 Å². The molecule has 0 aromatic heterocycles. The first kappa shape index (κ1) is 17.8. The second-order valence-corrected chi connectivity index (χ2v) is 7.00. The molecule has 4 rings (SSSR count). The number of phenolic OH excluding ortho intramolecular Hbond substituents is 1. The Morgan fingerprint density at radius 1 is 1.22 bits per heavy atom. The Morgan fingerprint density at radius 2 is 1.96 bits per heavy atom. The van der Waals surface area contributed by atoms with Crippen LogP contribution >= 0.6 is 0 Å². The number of ether oxygens (including phenoxy) is 2. The first-order chi connectivity index (χ1) is 13.0. The van der Waals surface area contributed by atoms with Gasteiger partial charge in [0.1, 0.15) is 17.7 Å². The molecule has 1 saturated carbocycles. The third kappa shape index (κ3) is 3.24. The molecular weight excluding hydrogens is 354 g/mol. The molecule has 2 aliphatic rings. The van der Waals surface area contributed by atoms with Gasteiger partial charge in [-0.2, -0.15) is 0 Å².